The molecule has 2 rings (SSSR count). The zero-order valence-electron chi connectivity index (χ0n) is 16.2. The number of ether oxygens (including phenoxy) is 1. The molecule has 2 unspecified atom stereocenters. The molecule has 2 atom stereocenters. The first-order chi connectivity index (χ1) is 12.5. The number of unbranched alkanes of at least 4 members (excludes halogenated alkanes) is 4. The van der Waals surface area contributed by atoms with Gasteiger partial charge in [-0.1, -0.05) is 49.8 Å². The Bertz CT molecular complexity index is 716. The van der Waals surface area contributed by atoms with Gasteiger partial charge in [-0.25, -0.2) is 8.42 Å². The number of aryl methyl sites for hydroxylation is 1. The molecule has 0 aromatic heterocycles. The number of rotatable bonds is 9. The van der Waals surface area contributed by atoms with Crippen LogP contribution in [-0.4, -0.2) is 38.0 Å². The van der Waals surface area contributed by atoms with E-state index in [1.807, 2.05) is 26.0 Å². The molecule has 26 heavy (non-hydrogen) atoms. The molecule has 5 heteroatoms. The standard InChI is InChI=1S/C21H31NO3S/c1-4-6-7-8-9-10-11-21(25-5-2)20-16-17-22(20)26(23,24)19-14-12-18(3)13-15-19/h12-15,20-21H,4-9,16-17H2,1-3H3. The molecule has 0 saturated carbocycles. The predicted octanol–water partition coefficient (Wildman–Crippen LogP) is 4.14. The Morgan fingerprint density at radius 2 is 1.92 bits per heavy atom. The normalized spacial score (nSPS) is 18.7. The van der Waals surface area contributed by atoms with Gasteiger partial charge in [0.1, 0.15) is 6.10 Å². The Hall–Kier alpha value is -1.35. The van der Waals surface area contributed by atoms with Crippen molar-refractivity contribution in [3.8, 4) is 11.8 Å². The van der Waals surface area contributed by atoms with E-state index in [0.29, 0.717) is 18.0 Å². The van der Waals surface area contributed by atoms with Crippen LogP contribution in [0.25, 0.3) is 0 Å². The van der Waals surface area contributed by atoms with Gasteiger partial charge >= 0.3 is 0 Å². The third-order valence-corrected chi connectivity index (χ3v) is 6.68. The van der Waals surface area contributed by atoms with Crippen molar-refractivity contribution in [2.75, 3.05) is 13.2 Å². The highest BCUT2D eigenvalue weighted by Gasteiger charge is 2.42. The average Bonchev–Trinajstić information content (AvgIpc) is 2.57. The zero-order chi connectivity index (χ0) is 19.0. The van der Waals surface area contributed by atoms with Gasteiger partial charge in [-0.3, -0.25) is 0 Å². The third-order valence-electron chi connectivity index (χ3n) is 4.74. The number of hydrogen-bond donors (Lipinski definition) is 0. The molecule has 0 aliphatic carbocycles. The van der Waals surface area contributed by atoms with E-state index in [9.17, 15) is 8.42 Å². The fourth-order valence-corrected chi connectivity index (χ4v) is 4.74. The Balaban J connectivity index is 2.05. The van der Waals surface area contributed by atoms with Crippen LogP contribution in [0.1, 0.15) is 57.9 Å². The summed E-state index contributed by atoms with van der Waals surface area (Å²) < 4.78 is 33.2. The Morgan fingerprint density at radius 1 is 1.19 bits per heavy atom. The van der Waals surface area contributed by atoms with Crippen LogP contribution in [0.15, 0.2) is 29.2 Å². The van der Waals surface area contributed by atoms with Gasteiger partial charge in [0.15, 0.2) is 0 Å². The number of sulfonamides is 1. The molecule has 0 amide bonds. The van der Waals surface area contributed by atoms with Gasteiger partial charge < -0.3 is 4.74 Å². The van der Waals surface area contributed by atoms with Crippen LogP contribution in [-0.2, 0) is 14.8 Å². The average molecular weight is 378 g/mol. The maximum Gasteiger partial charge on any atom is 0.243 e. The highest BCUT2D eigenvalue weighted by atomic mass is 32.2. The lowest BCUT2D eigenvalue weighted by molar-refractivity contribution is 0.0156. The molecule has 1 aromatic carbocycles. The van der Waals surface area contributed by atoms with Crippen molar-refractivity contribution in [2.45, 2.75) is 76.3 Å². The minimum absolute atomic E-state index is 0.190. The molecule has 1 saturated heterocycles. The number of nitrogens with zero attached hydrogens (tertiary/aromatic N) is 1. The topological polar surface area (TPSA) is 46.6 Å². The first-order valence-electron chi connectivity index (χ1n) is 9.69. The Kier molecular flexibility index (Phi) is 8.15. The van der Waals surface area contributed by atoms with E-state index < -0.39 is 10.0 Å². The molecule has 1 heterocycles. The van der Waals surface area contributed by atoms with Gasteiger partial charge in [0.05, 0.1) is 10.9 Å². The van der Waals surface area contributed by atoms with Crippen molar-refractivity contribution < 1.29 is 13.2 Å². The summed E-state index contributed by atoms with van der Waals surface area (Å²) in [6, 6.07) is 6.82. The first kappa shape index (κ1) is 21.0. The largest absolute Gasteiger partial charge is 0.364 e. The predicted molar refractivity (Wildman–Crippen MR) is 105 cm³/mol. The van der Waals surface area contributed by atoms with E-state index in [2.05, 4.69) is 18.8 Å². The SMILES string of the molecule is CCCCCCC#CC(OCC)C1CCN1S(=O)(=O)c1ccc(C)cc1. The van der Waals surface area contributed by atoms with Crippen molar-refractivity contribution in [1.82, 2.24) is 4.31 Å². The fraction of sp³-hybridized carbons (Fsp3) is 0.619. The second kappa shape index (κ2) is 10.1. The van der Waals surface area contributed by atoms with Crippen LogP contribution in [0.4, 0.5) is 0 Å². The summed E-state index contributed by atoms with van der Waals surface area (Å²) in [6.45, 7) is 7.13. The van der Waals surface area contributed by atoms with Crippen molar-refractivity contribution in [3.05, 3.63) is 29.8 Å². The molecule has 1 aliphatic heterocycles. The first-order valence-corrected chi connectivity index (χ1v) is 11.1. The molecular weight excluding hydrogens is 346 g/mol. The lowest BCUT2D eigenvalue weighted by atomic mass is 10.0. The molecule has 1 aromatic rings. The summed E-state index contributed by atoms with van der Waals surface area (Å²) >= 11 is 0. The van der Waals surface area contributed by atoms with Crippen LogP contribution in [0.5, 0.6) is 0 Å². The van der Waals surface area contributed by atoms with E-state index in [0.717, 1.165) is 24.8 Å². The van der Waals surface area contributed by atoms with Crippen molar-refractivity contribution in [2.24, 2.45) is 0 Å². The van der Waals surface area contributed by atoms with Gasteiger partial charge in [0.2, 0.25) is 10.0 Å². The van der Waals surface area contributed by atoms with Gasteiger partial charge in [0, 0.05) is 19.6 Å². The minimum atomic E-state index is -3.49. The van der Waals surface area contributed by atoms with Gasteiger partial charge in [-0.05, 0) is 38.8 Å². The molecule has 0 N–H and O–H groups in total. The van der Waals surface area contributed by atoms with E-state index in [1.54, 1.807) is 16.4 Å². The van der Waals surface area contributed by atoms with Crippen LogP contribution in [0, 0.1) is 18.8 Å². The summed E-state index contributed by atoms with van der Waals surface area (Å²) in [4.78, 5) is 0.343. The highest BCUT2D eigenvalue weighted by molar-refractivity contribution is 7.89. The lowest BCUT2D eigenvalue weighted by Gasteiger charge is -2.42. The van der Waals surface area contributed by atoms with E-state index in [-0.39, 0.29) is 12.1 Å². The van der Waals surface area contributed by atoms with Crippen molar-refractivity contribution in [1.29, 1.82) is 0 Å². The molecule has 0 spiro atoms. The maximum atomic E-state index is 12.9. The quantitative estimate of drug-likeness (QED) is 0.480. The Labute approximate surface area is 159 Å². The van der Waals surface area contributed by atoms with Crippen molar-refractivity contribution >= 4 is 10.0 Å². The van der Waals surface area contributed by atoms with Crippen LogP contribution in [0.3, 0.4) is 0 Å². The van der Waals surface area contributed by atoms with E-state index in [1.165, 1.54) is 19.3 Å². The zero-order valence-corrected chi connectivity index (χ0v) is 17.0. The van der Waals surface area contributed by atoms with Gasteiger partial charge in [-0.2, -0.15) is 4.31 Å². The fourth-order valence-electron chi connectivity index (χ4n) is 3.07. The molecule has 4 nitrogen and oxygen atoms in total. The van der Waals surface area contributed by atoms with Crippen LogP contribution < -0.4 is 0 Å². The van der Waals surface area contributed by atoms with Crippen LogP contribution in [0.2, 0.25) is 0 Å². The molecule has 0 bridgehead atoms. The van der Waals surface area contributed by atoms with E-state index in [4.69, 9.17) is 4.74 Å². The second-order valence-electron chi connectivity index (χ2n) is 6.79. The smallest absolute Gasteiger partial charge is 0.243 e. The van der Waals surface area contributed by atoms with Gasteiger partial charge in [0.25, 0.3) is 0 Å². The second-order valence-corrected chi connectivity index (χ2v) is 8.68. The molecule has 144 valence electrons. The number of hydrogen-bond acceptors (Lipinski definition) is 3. The number of benzene rings is 1. The summed E-state index contributed by atoms with van der Waals surface area (Å²) in [5, 5.41) is 0. The van der Waals surface area contributed by atoms with E-state index >= 15 is 0 Å². The van der Waals surface area contributed by atoms with Crippen LogP contribution >= 0.6 is 0 Å². The molecule has 1 fully saturated rings. The Morgan fingerprint density at radius 3 is 2.50 bits per heavy atom. The lowest BCUT2D eigenvalue weighted by Crippen LogP contribution is -2.56. The van der Waals surface area contributed by atoms with Gasteiger partial charge in [-0.15, -0.1) is 5.92 Å². The molecule has 1 aliphatic rings. The molecular formula is C21H31NO3S. The summed E-state index contributed by atoms with van der Waals surface area (Å²) in [5.41, 5.74) is 1.05. The highest BCUT2D eigenvalue weighted by Crippen LogP contribution is 2.30. The molecule has 0 radical (unpaired) electrons. The third kappa shape index (κ3) is 5.33. The summed E-state index contributed by atoms with van der Waals surface area (Å²) in [6.07, 6.45) is 6.03. The maximum absolute atomic E-state index is 12.9. The van der Waals surface area contributed by atoms with Crippen molar-refractivity contribution in [3.63, 3.8) is 0 Å². The minimum Gasteiger partial charge on any atom is -0.364 e. The summed E-state index contributed by atoms with van der Waals surface area (Å²) in [7, 11) is -3.49. The summed E-state index contributed by atoms with van der Waals surface area (Å²) in [5.74, 6) is 6.38. The monoisotopic (exact) mass is 377 g/mol.